The second-order valence-corrected chi connectivity index (χ2v) is 22.7. The van der Waals surface area contributed by atoms with Crippen molar-refractivity contribution in [2.75, 3.05) is 156 Å². The first kappa shape index (κ1) is 66.8. The molecule has 0 saturated carbocycles. The summed E-state index contributed by atoms with van der Waals surface area (Å²) in [7, 11) is 4.80. The quantitative estimate of drug-likeness (QED) is 0.0188. The van der Waals surface area contributed by atoms with Crippen LogP contribution in [-0.4, -0.2) is 159 Å². The van der Waals surface area contributed by atoms with Gasteiger partial charge in [-0.05, 0) is 68.7 Å². The van der Waals surface area contributed by atoms with Crippen molar-refractivity contribution in [3.63, 3.8) is 0 Å². The number of rotatable bonds is 36. The Bertz CT molecular complexity index is 3180. The van der Waals surface area contributed by atoms with Gasteiger partial charge >= 0.3 is 18.3 Å². The Balaban J connectivity index is 0.877. The molecule has 7 aromatic carbocycles. The number of amides is 3. The summed E-state index contributed by atoms with van der Waals surface area (Å²) in [5, 5.41) is 13.7. The highest BCUT2D eigenvalue weighted by atomic mass is 35.5. The fourth-order valence-corrected chi connectivity index (χ4v) is 12.6. The lowest BCUT2D eigenvalue weighted by molar-refractivity contribution is 0.0180. The minimum Gasteiger partial charge on any atom is -0.488 e. The molecule has 3 N–H and O–H groups in total. The molecule has 21 nitrogen and oxygen atoms in total. The smallest absolute Gasteiger partial charge is 0.412 e. The summed E-state index contributed by atoms with van der Waals surface area (Å²) in [6.45, 7) is 6.29. The number of nitrogens with one attached hydrogen (secondary N) is 3. The minimum atomic E-state index is -0.947. The normalized spacial score (nSPS) is 14.8. The van der Waals surface area contributed by atoms with Crippen molar-refractivity contribution < 1.29 is 85.4 Å². The van der Waals surface area contributed by atoms with Gasteiger partial charge in [-0.15, -0.1) is 0 Å². The lowest BCUT2D eigenvalue weighted by Gasteiger charge is -2.19. The van der Waals surface area contributed by atoms with Crippen molar-refractivity contribution in [2.45, 2.75) is 18.3 Å². The van der Waals surface area contributed by atoms with Gasteiger partial charge in [-0.1, -0.05) is 106 Å². The topological polar surface area (TPSA) is 226 Å². The lowest BCUT2D eigenvalue weighted by atomic mass is 9.95. The predicted octanol–water partition coefficient (Wildman–Crippen LogP) is 14.2. The largest absolute Gasteiger partial charge is 0.488 e. The lowest BCUT2D eigenvalue weighted by Crippen LogP contribution is -2.18. The van der Waals surface area contributed by atoms with Gasteiger partial charge in [-0.25, -0.2) is 14.4 Å². The summed E-state index contributed by atoms with van der Waals surface area (Å²) in [5.41, 5.74) is 4.69. The molecule has 0 spiro atoms. The van der Waals surface area contributed by atoms with E-state index in [0.29, 0.717) is 113 Å². The number of ether oxygens (including phenoxy) is 15. The van der Waals surface area contributed by atoms with Crippen LogP contribution in [0.3, 0.4) is 0 Å². The average Bonchev–Trinajstić information content (AvgIpc) is 1.50. The van der Waals surface area contributed by atoms with Gasteiger partial charge in [0.2, 0.25) is 0 Å². The first-order valence-corrected chi connectivity index (χ1v) is 30.8. The molecule has 3 amide bonds. The number of hydrogen-bond donors (Lipinski definition) is 3. The Labute approximate surface area is 547 Å². The van der Waals surface area contributed by atoms with Crippen LogP contribution in [0.2, 0.25) is 30.1 Å². The molecule has 0 aromatic heterocycles. The number of carbonyl (C=O) groups is 3. The van der Waals surface area contributed by atoms with Crippen molar-refractivity contribution in [2.24, 2.45) is 0 Å². The summed E-state index contributed by atoms with van der Waals surface area (Å²) in [4.78, 5) is 42.4. The van der Waals surface area contributed by atoms with Gasteiger partial charge in [-0.2, -0.15) is 0 Å². The highest BCUT2D eigenvalue weighted by Crippen LogP contribution is 2.60. The molecule has 90 heavy (non-hydrogen) atoms. The molecule has 0 bridgehead atoms. The van der Waals surface area contributed by atoms with E-state index in [1.807, 2.05) is 36.4 Å². The Kier molecular flexibility index (Phi) is 23.7. The molecule has 7 aromatic rings. The molecule has 0 heterocycles. The standard InChI is InChI=1S/C63H63Cl6N3O18/c1-76-10-13-79-16-19-82-22-25-85-58-43(64)28-34(29-44(58)65)70-61(73)88-55-37-4-6-39-51-49(37)50-38(55)5-7-40-52(50)54-42(57(40)90-63(75)72-36-32-47(68)60(48(69)33-36)87-27-24-84-21-18-81-15-12-78-3)9-8-41(53(51)54)56(39)89-62(74)71-35-30-45(66)59(46(67)31-35)86-26-23-83-20-17-80-14-11-77-2/h4-9,28-33,55-57H,10-27H2,1-3H3,(H,70,73)(H,71,74)(H,72,75). The molecule has 0 radical (unpaired) electrons. The van der Waals surface area contributed by atoms with Gasteiger partial charge in [0.15, 0.2) is 35.6 Å². The van der Waals surface area contributed by atoms with Crippen molar-refractivity contribution in [3.8, 4) is 17.2 Å². The number of carbonyl (C=O) groups excluding carboxylic acids is 3. The summed E-state index contributed by atoms with van der Waals surface area (Å²) in [6, 6.07) is 20.1. The zero-order valence-corrected chi connectivity index (χ0v) is 53.5. The van der Waals surface area contributed by atoms with E-state index in [-0.39, 0.29) is 104 Å². The number of halogens is 6. The monoisotopic (exact) mass is 1360 g/mol. The highest BCUT2D eigenvalue weighted by Gasteiger charge is 2.43. The molecule has 0 aliphatic heterocycles. The van der Waals surface area contributed by atoms with Gasteiger partial charge in [-0.3, -0.25) is 16.0 Å². The van der Waals surface area contributed by atoms with Crippen molar-refractivity contribution in [3.05, 3.63) is 136 Å². The van der Waals surface area contributed by atoms with Crippen LogP contribution in [0.1, 0.15) is 51.7 Å². The molecular formula is C63H63Cl6N3O18. The molecule has 0 unspecified atom stereocenters. The fraction of sp³-hybridized carbons (Fsp3) is 0.381. The van der Waals surface area contributed by atoms with E-state index >= 15 is 0 Å². The second kappa shape index (κ2) is 32.0. The average molecular weight is 1360 g/mol. The first-order valence-electron chi connectivity index (χ1n) is 28.5. The summed E-state index contributed by atoms with van der Waals surface area (Å²) < 4.78 is 84.5. The molecule has 3 aliphatic rings. The number of methoxy groups -OCH3 is 3. The molecule has 480 valence electrons. The summed E-state index contributed by atoms with van der Waals surface area (Å²) >= 11 is 39.9. The second-order valence-electron chi connectivity index (χ2n) is 20.2. The highest BCUT2D eigenvalue weighted by molar-refractivity contribution is 6.39. The molecule has 10 rings (SSSR count). The third kappa shape index (κ3) is 15.5. The molecule has 27 heteroatoms. The van der Waals surface area contributed by atoms with E-state index in [1.165, 1.54) is 36.4 Å². The zero-order valence-electron chi connectivity index (χ0n) is 49.0. The third-order valence-corrected chi connectivity index (χ3v) is 16.2. The van der Waals surface area contributed by atoms with Crippen LogP contribution in [-0.2, 0) is 56.8 Å². The van der Waals surface area contributed by atoms with Gasteiger partial charge in [0.1, 0.15) is 19.8 Å². The van der Waals surface area contributed by atoms with E-state index < -0.39 is 36.6 Å². The van der Waals surface area contributed by atoms with Crippen LogP contribution in [0.15, 0.2) is 72.8 Å². The van der Waals surface area contributed by atoms with Gasteiger partial charge < -0.3 is 71.1 Å². The SMILES string of the molecule is COCCOCCOCCOc1c(Cl)cc(NC(=O)OC2c3ccc4c5c3c3c2ccc2c3c3c(ccc(c53)C4OC(=O)Nc3cc(Cl)c(OCCOCCOCCOC)c(Cl)c3)C2OC(=O)Nc2cc(Cl)c(OCCOCCOCCOC)c(Cl)c2)cc1Cl. The van der Waals surface area contributed by atoms with E-state index in [4.69, 9.17) is 141 Å². The first-order chi connectivity index (χ1) is 43.8. The number of benzene rings is 7. The Morgan fingerprint density at radius 3 is 0.700 bits per heavy atom. The van der Waals surface area contributed by atoms with Crippen LogP contribution in [0, 0.1) is 0 Å². The Morgan fingerprint density at radius 1 is 0.311 bits per heavy atom. The fourth-order valence-electron chi connectivity index (χ4n) is 10.8. The zero-order chi connectivity index (χ0) is 63.3. The summed E-state index contributed by atoms with van der Waals surface area (Å²) in [5.74, 6) is 0.629. The van der Waals surface area contributed by atoms with E-state index in [0.717, 1.165) is 32.3 Å². The molecule has 0 saturated heterocycles. The van der Waals surface area contributed by atoms with Gasteiger partial charge in [0, 0.05) is 71.8 Å². The molecule has 0 fully saturated rings. The molecular weight excluding hydrogens is 1300 g/mol. The maximum atomic E-state index is 14.1. The molecule has 3 aliphatic carbocycles. The number of anilines is 3. The predicted molar refractivity (Wildman–Crippen MR) is 341 cm³/mol. The van der Waals surface area contributed by atoms with Crippen LogP contribution in [0.25, 0.3) is 32.3 Å². The van der Waals surface area contributed by atoms with Crippen molar-refractivity contribution in [1.29, 1.82) is 0 Å². The van der Waals surface area contributed by atoms with Crippen LogP contribution in [0.5, 0.6) is 17.2 Å². The van der Waals surface area contributed by atoms with Crippen LogP contribution < -0.4 is 30.2 Å². The summed E-state index contributed by atoms with van der Waals surface area (Å²) in [6.07, 6.45) is -5.29. The van der Waals surface area contributed by atoms with Gasteiger partial charge in [0.25, 0.3) is 0 Å². The minimum absolute atomic E-state index is 0.143. The number of hydrogen-bond acceptors (Lipinski definition) is 18. The Hall–Kier alpha value is -6.09. The maximum absolute atomic E-state index is 14.1. The van der Waals surface area contributed by atoms with Crippen LogP contribution in [0.4, 0.5) is 31.4 Å². The van der Waals surface area contributed by atoms with Gasteiger partial charge in [0.05, 0.1) is 129 Å². The van der Waals surface area contributed by atoms with Crippen LogP contribution >= 0.6 is 69.6 Å². The van der Waals surface area contributed by atoms with Crippen molar-refractivity contribution >= 4 is 137 Å². The van der Waals surface area contributed by atoms with E-state index in [2.05, 4.69) is 16.0 Å². The maximum Gasteiger partial charge on any atom is 0.412 e. The van der Waals surface area contributed by atoms with E-state index in [9.17, 15) is 14.4 Å². The van der Waals surface area contributed by atoms with Crippen molar-refractivity contribution in [1.82, 2.24) is 0 Å². The van der Waals surface area contributed by atoms with E-state index in [1.54, 1.807) is 21.3 Å². The third-order valence-electron chi connectivity index (χ3n) is 14.5. The molecule has 0 atom stereocenters. The Morgan fingerprint density at radius 2 is 0.500 bits per heavy atom.